The van der Waals surface area contributed by atoms with Gasteiger partial charge in [-0.15, -0.1) is 0 Å². The Morgan fingerprint density at radius 3 is 1.88 bits per heavy atom. The summed E-state index contributed by atoms with van der Waals surface area (Å²) in [7, 11) is 0. The van der Waals surface area contributed by atoms with E-state index in [1.54, 1.807) is 6.08 Å². The van der Waals surface area contributed by atoms with E-state index in [2.05, 4.69) is 20.0 Å². The summed E-state index contributed by atoms with van der Waals surface area (Å²) in [5, 5.41) is 8.56. The van der Waals surface area contributed by atoms with Crippen molar-refractivity contribution in [3.63, 3.8) is 0 Å². The minimum atomic E-state index is -0.785. The summed E-state index contributed by atoms with van der Waals surface area (Å²) in [5.74, 6) is -0.785. The Kier molecular flexibility index (Phi) is 29.4. The van der Waals surface area contributed by atoms with Crippen LogP contribution in [0.3, 0.4) is 0 Å². The monoisotopic (exact) mass is 278 g/mol. The van der Waals surface area contributed by atoms with E-state index in [4.69, 9.17) is 19.1 Å². The molecule has 0 unspecified atom stereocenters. The molecule has 0 atom stereocenters. The summed E-state index contributed by atoms with van der Waals surface area (Å²) in [4.78, 5) is 10.4. The number of hydrogen-bond acceptors (Lipinski definition) is 1. The van der Waals surface area contributed by atoms with Crippen LogP contribution < -0.4 is 0 Å². The van der Waals surface area contributed by atoms with E-state index >= 15 is 0 Å². The van der Waals surface area contributed by atoms with E-state index in [9.17, 15) is 4.79 Å². The fraction of sp³-hybridized carbons (Fsp3) is 0.273. The van der Waals surface area contributed by atoms with Gasteiger partial charge in [-0.05, 0) is 25.8 Å². The third-order valence-electron chi connectivity index (χ3n) is 1.56. The van der Waals surface area contributed by atoms with Gasteiger partial charge < -0.3 is 5.11 Å². The summed E-state index contributed by atoms with van der Waals surface area (Å²) < 4.78 is 22.5. The molecule has 1 aliphatic carbocycles. The van der Waals surface area contributed by atoms with Crippen molar-refractivity contribution in [2.24, 2.45) is 0 Å². The minimum Gasteiger partial charge on any atom is 0 e. The summed E-state index contributed by atoms with van der Waals surface area (Å²) >= 11 is 0. The molecule has 0 bridgehead atoms. The molecule has 92 valence electrons. The molecule has 1 aliphatic rings. The van der Waals surface area contributed by atoms with Crippen LogP contribution in [0.5, 0.6) is 0 Å². The molecule has 6 heteroatoms. The molecule has 0 aliphatic heterocycles. The van der Waals surface area contributed by atoms with Gasteiger partial charge >= 0.3 is 39.9 Å². The van der Waals surface area contributed by atoms with Crippen LogP contribution in [-0.2, 0) is 35.8 Å². The predicted octanol–water partition coefficient (Wildman–Crippen LogP) is 1.62. The van der Waals surface area contributed by atoms with Gasteiger partial charge in [0.1, 0.15) is 0 Å². The molecular weight excluding hydrogens is 268 g/mol. The molecule has 0 aromatic rings. The molecule has 0 fully saturated rings. The van der Waals surface area contributed by atoms with Crippen LogP contribution in [0.25, 0.3) is 0 Å². The van der Waals surface area contributed by atoms with Crippen LogP contribution in [0, 0.1) is 20.0 Å². The van der Waals surface area contributed by atoms with Crippen molar-refractivity contribution in [1.82, 2.24) is 0 Å². The SMILES string of the molecule is CC1=CCCC(C(=O)O)=C1.[C-]#[O+].[C-]#[O+].[C-]#[O+].[Fe]. The number of carboxylic acids is 1. The first-order valence-electron chi connectivity index (χ1n) is 3.92. The second-order valence-corrected chi connectivity index (χ2v) is 2.46. The number of hydrogen-bond donors (Lipinski definition) is 1. The molecule has 0 aromatic heterocycles. The molecule has 1 N–H and O–H groups in total. The number of carboxylic acid groups (broad SMARTS) is 1. The van der Waals surface area contributed by atoms with Gasteiger partial charge in [-0.25, -0.2) is 4.79 Å². The molecule has 0 saturated carbocycles. The standard InChI is InChI=1S/C8H10O2.3CO.Fe/c1-6-3-2-4-7(5-6)8(9)10;3*1-2;/h3,5H,2,4H2,1H3,(H,9,10);;;;. The van der Waals surface area contributed by atoms with Gasteiger partial charge in [0.05, 0.1) is 0 Å². The normalized spacial score (nSPS) is 10.8. The van der Waals surface area contributed by atoms with Crippen LogP contribution in [0.2, 0.25) is 0 Å². The van der Waals surface area contributed by atoms with E-state index < -0.39 is 5.97 Å². The Hall–Kier alpha value is -1.31. The van der Waals surface area contributed by atoms with Crippen molar-refractivity contribution in [2.75, 3.05) is 0 Å². The van der Waals surface area contributed by atoms with Crippen molar-refractivity contribution in [3.8, 4) is 0 Å². The summed E-state index contributed by atoms with van der Waals surface area (Å²) in [6, 6.07) is 0. The van der Waals surface area contributed by atoms with Gasteiger partial charge in [0.25, 0.3) is 0 Å². The molecule has 0 radical (unpaired) electrons. The first kappa shape index (κ1) is 24.8. The van der Waals surface area contributed by atoms with E-state index in [1.165, 1.54) is 0 Å². The van der Waals surface area contributed by atoms with Gasteiger partial charge in [-0.1, -0.05) is 11.6 Å². The number of carbonyl (C=O) groups is 1. The first-order valence-corrected chi connectivity index (χ1v) is 3.92. The van der Waals surface area contributed by atoms with Gasteiger partial charge in [-0.3, -0.25) is 0 Å². The van der Waals surface area contributed by atoms with Crippen molar-refractivity contribution in [3.05, 3.63) is 43.2 Å². The van der Waals surface area contributed by atoms with Crippen LogP contribution in [-0.4, -0.2) is 11.1 Å². The second kappa shape index (κ2) is 20.1. The van der Waals surface area contributed by atoms with Crippen LogP contribution >= 0.6 is 0 Å². The van der Waals surface area contributed by atoms with Crippen molar-refractivity contribution in [2.45, 2.75) is 19.8 Å². The van der Waals surface area contributed by atoms with Gasteiger partial charge in [0.2, 0.25) is 0 Å². The van der Waals surface area contributed by atoms with Gasteiger partial charge in [0.15, 0.2) is 0 Å². The largest absolute Gasteiger partial charge is 0 e. The molecule has 0 saturated heterocycles. The van der Waals surface area contributed by atoms with E-state index in [0.717, 1.165) is 12.0 Å². The zero-order valence-electron chi connectivity index (χ0n) is 9.00. The maximum Gasteiger partial charge on any atom is 0 e. The summed E-state index contributed by atoms with van der Waals surface area (Å²) in [6.07, 6.45) is 5.31. The molecule has 0 amide bonds. The molecule has 5 nitrogen and oxygen atoms in total. The van der Waals surface area contributed by atoms with Gasteiger partial charge in [-0.2, -0.15) is 0 Å². The van der Waals surface area contributed by atoms with Crippen molar-refractivity contribution < 1.29 is 40.9 Å². The van der Waals surface area contributed by atoms with Crippen molar-refractivity contribution in [1.29, 1.82) is 0 Å². The smallest absolute Gasteiger partial charge is 0 e. The summed E-state index contributed by atoms with van der Waals surface area (Å²) in [6.45, 7) is 15.4. The van der Waals surface area contributed by atoms with E-state index in [-0.39, 0.29) is 17.1 Å². The molecular formula is C11H10FeO5. The zero-order chi connectivity index (χ0) is 13.6. The number of allylic oxidation sites excluding steroid dienone is 3. The molecule has 0 aromatic carbocycles. The molecule has 1 rings (SSSR count). The second-order valence-electron chi connectivity index (χ2n) is 2.46. The fourth-order valence-corrected chi connectivity index (χ4v) is 1.03. The maximum atomic E-state index is 10.4. The van der Waals surface area contributed by atoms with Crippen molar-refractivity contribution >= 4 is 5.97 Å². The molecule has 0 heterocycles. The average Bonchev–Trinajstić information content (AvgIpc) is 2.36. The fourth-order valence-electron chi connectivity index (χ4n) is 1.03. The maximum absolute atomic E-state index is 10.4. The van der Waals surface area contributed by atoms with Crippen LogP contribution in [0.1, 0.15) is 19.8 Å². The third-order valence-corrected chi connectivity index (χ3v) is 1.56. The average molecular weight is 278 g/mol. The first-order chi connectivity index (χ1) is 7.70. The Labute approximate surface area is 110 Å². The van der Waals surface area contributed by atoms with Crippen LogP contribution in [0.4, 0.5) is 0 Å². The number of aliphatic carboxylic acids is 1. The summed E-state index contributed by atoms with van der Waals surface area (Å²) in [5.41, 5.74) is 1.59. The Balaban J connectivity index is -0.000000106. The Bertz CT molecular complexity index is 308. The Morgan fingerprint density at radius 1 is 1.24 bits per heavy atom. The number of rotatable bonds is 1. The third kappa shape index (κ3) is 14.7. The van der Waals surface area contributed by atoms with Gasteiger partial charge in [0, 0.05) is 22.6 Å². The topological polar surface area (TPSA) is 97.0 Å². The van der Waals surface area contributed by atoms with Crippen LogP contribution in [0.15, 0.2) is 23.3 Å². The quantitative estimate of drug-likeness (QED) is 0.448. The van der Waals surface area contributed by atoms with E-state index in [1.807, 2.05) is 13.0 Å². The molecule has 0 spiro atoms. The zero-order valence-corrected chi connectivity index (χ0v) is 10.1. The Morgan fingerprint density at radius 2 is 1.65 bits per heavy atom. The predicted molar refractivity (Wildman–Crippen MR) is 50.5 cm³/mol. The minimum absolute atomic E-state index is 0. The molecule has 17 heavy (non-hydrogen) atoms. The van der Waals surface area contributed by atoms with E-state index in [0.29, 0.717) is 12.0 Å².